The van der Waals surface area contributed by atoms with Crippen molar-refractivity contribution in [2.24, 2.45) is 0 Å². The summed E-state index contributed by atoms with van der Waals surface area (Å²) in [7, 11) is 2.59. The van der Waals surface area contributed by atoms with Crippen LogP contribution < -0.4 is 5.44 Å². The van der Waals surface area contributed by atoms with Crippen LogP contribution in [0.25, 0.3) is 5.65 Å². The van der Waals surface area contributed by atoms with Gasteiger partial charge >= 0.3 is 0 Å². The Labute approximate surface area is 78.4 Å². The molecule has 1 saturated carbocycles. The second kappa shape index (κ2) is 2.52. The van der Waals surface area contributed by atoms with Gasteiger partial charge in [0.15, 0.2) is 5.65 Å². The molecule has 0 N–H and O–H groups in total. The topological polar surface area (TPSA) is 30.2 Å². The number of fused-ring (bicyclic) bond motifs is 1. The maximum atomic E-state index is 4.50. The van der Waals surface area contributed by atoms with E-state index in [1.807, 2.05) is 16.8 Å². The smallest absolute Gasteiger partial charge is 0.154 e. The highest BCUT2D eigenvalue weighted by molar-refractivity contribution is 7.26. The van der Waals surface area contributed by atoms with Gasteiger partial charge in [0.2, 0.25) is 0 Å². The molecular formula is C9H10N3P. The Balaban J connectivity index is 2.20. The third-order valence-electron chi connectivity index (χ3n) is 2.35. The van der Waals surface area contributed by atoms with Crippen LogP contribution in [0.2, 0.25) is 0 Å². The fraction of sp³-hybridized carbons (Fsp3) is 0.333. The lowest BCUT2D eigenvalue weighted by Gasteiger charge is -1.96. The highest BCUT2D eigenvalue weighted by Gasteiger charge is 2.25. The van der Waals surface area contributed by atoms with E-state index in [0.717, 1.165) is 11.1 Å². The summed E-state index contributed by atoms with van der Waals surface area (Å²) >= 11 is 0. The van der Waals surface area contributed by atoms with Crippen molar-refractivity contribution in [3.05, 3.63) is 24.0 Å². The second-order valence-electron chi connectivity index (χ2n) is 3.50. The first-order valence-electron chi connectivity index (χ1n) is 4.45. The molecule has 3 nitrogen and oxygen atoms in total. The summed E-state index contributed by atoms with van der Waals surface area (Å²) in [5.41, 5.74) is 3.07. The summed E-state index contributed by atoms with van der Waals surface area (Å²) < 4.78 is 1.86. The Morgan fingerprint density at radius 3 is 3.00 bits per heavy atom. The number of rotatable bonds is 1. The van der Waals surface area contributed by atoms with Crippen molar-refractivity contribution in [2.45, 2.75) is 18.8 Å². The van der Waals surface area contributed by atoms with Gasteiger partial charge in [0.25, 0.3) is 0 Å². The molecule has 3 rings (SSSR count). The highest BCUT2D eigenvalue weighted by Crippen LogP contribution is 2.38. The van der Waals surface area contributed by atoms with Crippen LogP contribution >= 0.6 is 9.24 Å². The van der Waals surface area contributed by atoms with Crippen molar-refractivity contribution in [2.75, 3.05) is 0 Å². The average molecular weight is 191 g/mol. The maximum Gasteiger partial charge on any atom is 0.154 e. The van der Waals surface area contributed by atoms with E-state index in [0.29, 0.717) is 5.92 Å². The lowest BCUT2D eigenvalue weighted by molar-refractivity contribution is 0.856. The third-order valence-corrected chi connectivity index (χ3v) is 2.63. The quantitative estimate of drug-likeness (QED) is 0.632. The maximum absolute atomic E-state index is 4.50. The normalized spacial score (nSPS) is 16.7. The molecule has 0 aliphatic heterocycles. The number of hydrogen-bond acceptors (Lipinski definition) is 2. The van der Waals surface area contributed by atoms with Gasteiger partial charge in [-0.25, -0.2) is 9.50 Å². The van der Waals surface area contributed by atoms with Crippen molar-refractivity contribution in [1.82, 2.24) is 14.6 Å². The Hall–Kier alpha value is -0.950. The van der Waals surface area contributed by atoms with E-state index < -0.39 is 0 Å². The molecule has 4 heteroatoms. The van der Waals surface area contributed by atoms with Gasteiger partial charge in [-0.3, -0.25) is 0 Å². The predicted molar refractivity (Wildman–Crippen MR) is 54.3 cm³/mol. The summed E-state index contributed by atoms with van der Waals surface area (Å²) in [4.78, 5) is 4.30. The third kappa shape index (κ3) is 1.24. The van der Waals surface area contributed by atoms with Crippen molar-refractivity contribution >= 4 is 20.3 Å². The van der Waals surface area contributed by atoms with Crippen LogP contribution in [0.4, 0.5) is 0 Å². The SMILES string of the molecule is Pc1cn2nc(C3CC3)ccc2n1. The van der Waals surface area contributed by atoms with Crippen LogP contribution in [-0.2, 0) is 0 Å². The summed E-state index contributed by atoms with van der Waals surface area (Å²) in [5, 5.41) is 4.50. The van der Waals surface area contributed by atoms with Gasteiger partial charge in [-0.2, -0.15) is 5.10 Å². The average Bonchev–Trinajstić information content (AvgIpc) is 2.87. The second-order valence-corrected chi connectivity index (χ2v) is 4.09. The number of hydrogen-bond donors (Lipinski definition) is 0. The monoisotopic (exact) mass is 191 g/mol. The summed E-state index contributed by atoms with van der Waals surface area (Å²) in [6.07, 6.45) is 4.52. The van der Waals surface area contributed by atoms with Crippen LogP contribution in [0.1, 0.15) is 24.5 Å². The van der Waals surface area contributed by atoms with Crippen molar-refractivity contribution in [1.29, 1.82) is 0 Å². The molecule has 0 bridgehead atoms. The molecule has 1 atom stereocenters. The zero-order chi connectivity index (χ0) is 8.84. The summed E-state index contributed by atoms with van der Waals surface area (Å²) in [6.45, 7) is 0. The van der Waals surface area contributed by atoms with Crippen LogP contribution in [0.15, 0.2) is 18.3 Å². The van der Waals surface area contributed by atoms with Gasteiger partial charge in [-0.1, -0.05) is 9.24 Å². The Kier molecular flexibility index (Phi) is 1.44. The van der Waals surface area contributed by atoms with Gasteiger partial charge in [0.1, 0.15) is 0 Å². The number of aromatic nitrogens is 3. The molecule has 2 heterocycles. The first-order valence-corrected chi connectivity index (χ1v) is 5.02. The Morgan fingerprint density at radius 1 is 1.38 bits per heavy atom. The molecule has 66 valence electrons. The van der Waals surface area contributed by atoms with E-state index in [1.54, 1.807) is 0 Å². The zero-order valence-electron chi connectivity index (χ0n) is 7.14. The van der Waals surface area contributed by atoms with Crippen LogP contribution in [0.5, 0.6) is 0 Å². The zero-order valence-corrected chi connectivity index (χ0v) is 8.30. The summed E-state index contributed by atoms with van der Waals surface area (Å²) in [6, 6.07) is 4.12. The minimum absolute atomic E-state index is 0.708. The molecule has 0 spiro atoms. The molecule has 1 fully saturated rings. The van der Waals surface area contributed by atoms with E-state index in [9.17, 15) is 0 Å². The standard InChI is InChI=1S/C9H10N3P/c13-9-5-12-8(10-9)4-3-7(11-12)6-1-2-6/h3-6H,1-2,13H2. The van der Waals surface area contributed by atoms with Gasteiger partial charge < -0.3 is 0 Å². The first kappa shape index (κ1) is 7.45. The number of imidazole rings is 1. The van der Waals surface area contributed by atoms with E-state index in [2.05, 4.69) is 25.4 Å². The summed E-state index contributed by atoms with van der Waals surface area (Å²) in [5.74, 6) is 0.708. The molecule has 0 amide bonds. The molecule has 2 aromatic rings. The molecular weight excluding hydrogens is 181 g/mol. The van der Waals surface area contributed by atoms with Crippen molar-refractivity contribution in [3.8, 4) is 0 Å². The molecule has 0 radical (unpaired) electrons. The first-order chi connectivity index (χ1) is 6.33. The minimum atomic E-state index is 0.708. The van der Waals surface area contributed by atoms with E-state index in [-0.39, 0.29) is 0 Å². The molecule has 13 heavy (non-hydrogen) atoms. The van der Waals surface area contributed by atoms with Gasteiger partial charge in [0, 0.05) is 5.92 Å². The van der Waals surface area contributed by atoms with Gasteiger partial charge in [-0.15, -0.1) is 0 Å². The Morgan fingerprint density at radius 2 is 2.23 bits per heavy atom. The molecule has 0 saturated heterocycles. The largest absolute Gasteiger partial charge is 0.228 e. The Bertz CT molecular complexity index is 459. The van der Waals surface area contributed by atoms with Crippen molar-refractivity contribution in [3.63, 3.8) is 0 Å². The fourth-order valence-electron chi connectivity index (χ4n) is 1.51. The van der Waals surface area contributed by atoms with E-state index >= 15 is 0 Å². The fourth-order valence-corrected chi connectivity index (χ4v) is 1.79. The van der Waals surface area contributed by atoms with Crippen molar-refractivity contribution < 1.29 is 0 Å². The van der Waals surface area contributed by atoms with Crippen LogP contribution in [0.3, 0.4) is 0 Å². The van der Waals surface area contributed by atoms with Gasteiger partial charge in [-0.05, 0) is 25.0 Å². The molecule has 1 unspecified atom stereocenters. The van der Waals surface area contributed by atoms with E-state index in [1.165, 1.54) is 18.5 Å². The predicted octanol–water partition coefficient (Wildman–Crippen LogP) is 1.11. The highest BCUT2D eigenvalue weighted by atomic mass is 31.0. The molecule has 1 aliphatic rings. The van der Waals surface area contributed by atoms with Crippen LogP contribution in [-0.4, -0.2) is 14.6 Å². The lowest BCUT2D eigenvalue weighted by Crippen LogP contribution is -1.94. The number of nitrogens with zero attached hydrogens (tertiary/aromatic N) is 3. The molecule has 0 aromatic carbocycles. The van der Waals surface area contributed by atoms with Crippen LogP contribution in [0, 0.1) is 0 Å². The van der Waals surface area contributed by atoms with Gasteiger partial charge in [0.05, 0.1) is 17.3 Å². The molecule has 1 aliphatic carbocycles. The minimum Gasteiger partial charge on any atom is -0.228 e. The lowest BCUT2D eigenvalue weighted by atomic mass is 10.3. The van der Waals surface area contributed by atoms with E-state index in [4.69, 9.17) is 0 Å². The molecule has 2 aromatic heterocycles.